The highest BCUT2D eigenvalue weighted by Gasteiger charge is 2.74. The topological polar surface area (TPSA) is 79.6 Å². The van der Waals surface area contributed by atoms with Crippen LogP contribution < -0.4 is 9.64 Å². The zero-order valence-electron chi connectivity index (χ0n) is 20.2. The lowest BCUT2D eigenvalue weighted by Gasteiger charge is -2.31. The van der Waals surface area contributed by atoms with E-state index in [9.17, 15) is 41.2 Å². The Bertz CT molecular complexity index is 1370. The van der Waals surface area contributed by atoms with Crippen molar-refractivity contribution in [2.75, 3.05) is 11.5 Å². The lowest BCUT2D eigenvalue weighted by Crippen LogP contribution is -2.43. The van der Waals surface area contributed by atoms with Gasteiger partial charge in [-0.3, -0.25) is 9.59 Å². The van der Waals surface area contributed by atoms with Gasteiger partial charge in [0.2, 0.25) is 11.8 Å². The Kier molecular flexibility index (Phi) is 6.42. The van der Waals surface area contributed by atoms with Crippen molar-refractivity contribution in [3.63, 3.8) is 0 Å². The fourth-order valence-corrected chi connectivity index (χ4v) is 6.58. The minimum absolute atomic E-state index is 0.00967. The van der Waals surface area contributed by atoms with Crippen LogP contribution >= 0.6 is 11.8 Å². The lowest BCUT2D eigenvalue weighted by atomic mass is 9.67. The Morgan fingerprint density at radius 2 is 1.72 bits per heavy atom. The molecule has 0 radical (unpaired) electrons. The molecule has 3 fully saturated rings. The average molecular weight is 571 g/mol. The predicted molar refractivity (Wildman–Crippen MR) is 126 cm³/mol. The zero-order valence-corrected chi connectivity index (χ0v) is 21.0. The van der Waals surface area contributed by atoms with Gasteiger partial charge < -0.3 is 9.47 Å². The van der Waals surface area contributed by atoms with E-state index in [1.165, 1.54) is 36.4 Å². The molecule has 0 saturated carbocycles. The molecule has 0 aliphatic carbocycles. The largest absolute Gasteiger partial charge is 0.493 e. The smallest absolute Gasteiger partial charge is 0.446 e. The molecule has 2 amide bonds. The van der Waals surface area contributed by atoms with Gasteiger partial charge in [0.1, 0.15) is 5.75 Å². The summed E-state index contributed by atoms with van der Waals surface area (Å²) in [6, 6.07) is 9.89. The first-order valence-electron chi connectivity index (χ1n) is 11.9. The number of hydrogen-bond donors (Lipinski definition) is 0. The van der Waals surface area contributed by atoms with Crippen molar-refractivity contribution in [1.29, 1.82) is 5.26 Å². The van der Waals surface area contributed by atoms with Crippen LogP contribution in [0, 0.1) is 23.2 Å². The van der Waals surface area contributed by atoms with Gasteiger partial charge in [-0.25, -0.2) is 4.90 Å². The van der Waals surface area contributed by atoms with E-state index in [0.717, 1.165) is 12.1 Å². The van der Waals surface area contributed by atoms with Crippen LogP contribution in [0.25, 0.3) is 0 Å². The van der Waals surface area contributed by atoms with E-state index in [4.69, 9.17) is 9.47 Å². The van der Waals surface area contributed by atoms with Gasteiger partial charge in [-0.05, 0) is 67.9 Å². The molecule has 5 rings (SSSR count). The molecule has 206 valence electrons. The van der Waals surface area contributed by atoms with Crippen molar-refractivity contribution >= 4 is 29.3 Å². The van der Waals surface area contributed by atoms with Crippen LogP contribution in [-0.2, 0) is 20.5 Å². The fourth-order valence-electron chi connectivity index (χ4n) is 6.04. The number of fused-ring (bicyclic) bond motifs is 5. The highest BCUT2D eigenvalue weighted by atomic mass is 32.2. The normalized spacial score (nSPS) is 28.1. The van der Waals surface area contributed by atoms with E-state index in [2.05, 4.69) is 0 Å². The first kappa shape index (κ1) is 27.3. The summed E-state index contributed by atoms with van der Waals surface area (Å²) < 4.78 is 91.4. The second kappa shape index (κ2) is 9.16. The summed E-state index contributed by atoms with van der Waals surface area (Å²) in [6.07, 6.45) is -4.10. The molecule has 0 spiro atoms. The SMILES string of the molecule is CC12CCC(CCOc3ccc(SC(F)(F)F)cc3)(O1)C1C(=O)N(c3cccc(C#N)c3C(F)(F)F)C(=O)C12. The van der Waals surface area contributed by atoms with Crippen LogP contribution in [0.4, 0.5) is 32.0 Å². The number of carbonyl (C=O) groups is 2. The van der Waals surface area contributed by atoms with Gasteiger partial charge in [0.25, 0.3) is 0 Å². The van der Waals surface area contributed by atoms with E-state index in [1.807, 2.05) is 0 Å². The summed E-state index contributed by atoms with van der Waals surface area (Å²) >= 11 is -0.262. The summed E-state index contributed by atoms with van der Waals surface area (Å²) in [5.74, 6) is -3.42. The number of benzene rings is 2. The molecule has 0 aromatic heterocycles. The summed E-state index contributed by atoms with van der Waals surface area (Å²) in [5.41, 5.74) is -9.41. The van der Waals surface area contributed by atoms with Crippen LogP contribution in [0.1, 0.15) is 37.3 Å². The van der Waals surface area contributed by atoms with Gasteiger partial charge in [0.05, 0.1) is 52.5 Å². The highest BCUT2D eigenvalue weighted by molar-refractivity contribution is 8.00. The van der Waals surface area contributed by atoms with Crippen molar-refractivity contribution in [3.05, 3.63) is 53.6 Å². The number of hydrogen-bond acceptors (Lipinski definition) is 6. The van der Waals surface area contributed by atoms with Crippen molar-refractivity contribution in [2.45, 2.75) is 54.0 Å². The van der Waals surface area contributed by atoms with Crippen LogP contribution in [0.15, 0.2) is 47.4 Å². The van der Waals surface area contributed by atoms with Crippen molar-refractivity contribution < 1.29 is 45.4 Å². The molecule has 2 bridgehead atoms. The molecule has 4 unspecified atom stereocenters. The molecule has 3 aliphatic heterocycles. The van der Waals surface area contributed by atoms with Gasteiger partial charge in [-0.2, -0.15) is 31.6 Å². The lowest BCUT2D eigenvalue weighted by molar-refractivity contribution is -0.137. The van der Waals surface area contributed by atoms with Gasteiger partial charge in [-0.1, -0.05) is 6.07 Å². The number of nitrogens with zero attached hydrogens (tertiary/aromatic N) is 2. The van der Waals surface area contributed by atoms with Gasteiger partial charge in [0.15, 0.2) is 0 Å². The number of halogens is 6. The summed E-state index contributed by atoms with van der Waals surface area (Å²) in [4.78, 5) is 27.7. The van der Waals surface area contributed by atoms with E-state index >= 15 is 0 Å². The van der Waals surface area contributed by atoms with Gasteiger partial charge in [0, 0.05) is 11.3 Å². The predicted octanol–water partition coefficient (Wildman–Crippen LogP) is 6.09. The second-order valence-electron chi connectivity index (χ2n) is 9.87. The van der Waals surface area contributed by atoms with E-state index in [0.29, 0.717) is 17.7 Å². The number of thioether (sulfide) groups is 1. The Hall–Kier alpha value is -3.24. The van der Waals surface area contributed by atoms with Crippen LogP contribution in [0.2, 0.25) is 0 Å². The molecule has 3 saturated heterocycles. The maximum atomic E-state index is 13.9. The summed E-state index contributed by atoms with van der Waals surface area (Å²) in [5, 5.41) is 9.25. The first-order chi connectivity index (χ1) is 18.2. The Morgan fingerprint density at radius 1 is 1.05 bits per heavy atom. The molecule has 6 nitrogen and oxygen atoms in total. The minimum atomic E-state index is -4.99. The van der Waals surface area contributed by atoms with Crippen LogP contribution in [0.5, 0.6) is 5.75 Å². The Morgan fingerprint density at radius 3 is 2.33 bits per heavy atom. The molecule has 13 heteroatoms. The molecule has 3 heterocycles. The van der Waals surface area contributed by atoms with Crippen molar-refractivity contribution in [1.82, 2.24) is 0 Å². The van der Waals surface area contributed by atoms with E-state index in [1.54, 1.807) is 6.92 Å². The third kappa shape index (κ3) is 4.63. The second-order valence-corrected chi connectivity index (χ2v) is 11.0. The van der Waals surface area contributed by atoms with Crippen LogP contribution in [0.3, 0.4) is 0 Å². The first-order valence-corrected chi connectivity index (χ1v) is 12.7. The monoisotopic (exact) mass is 570 g/mol. The van der Waals surface area contributed by atoms with Crippen LogP contribution in [-0.4, -0.2) is 35.1 Å². The number of rotatable bonds is 6. The number of anilines is 1. The third-order valence-corrected chi connectivity index (χ3v) is 8.29. The molecule has 3 aliphatic rings. The highest BCUT2D eigenvalue weighted by Crippen LogP contribution is 2.62. The number of alkyl halides is 6. The van der Waals surface area contributed by atoms with E-state index < -0.39 is 63.4 Å². The zero-order chi connectivity index (χ0) is 28.4. The molecular formula is C26H20F6N2O4S. The average Bonchev–Trinajstić information content (AvgIpc) is 3.42. The maximum Gasteiger partial charge on any atom is 0.446 e. The number of nitriles is 1. The van der Waals surface area contributed by atoms with Gasteiger partial charge in [-0.15, -0.1) is 0 Å². The van der Waals surface area contributed by atoms with Crippen molar-refractivity contribution in [2.24, 2.45) is 11.8 Å². The standard InChI is InChI=1S/C26H20F6N2O4S/c1-23-9-10-24(38-23,11-12-37-15-5-7-16(8-6-15)39-26(30,31)32)20-19(23)21(35)34(22(20)36)17-4-2-3-14(13-33)18(17)25(27,28)29/h2-8,19-20H,9-12H2,1H3. The maximum absolute atomic E-state index is 13.9. The number of amides is 2. The number of imide groups is 1. The van der Waals surface area contributed by atoms with E-state index in [-0.39, 0.29) is 35.4 Å². The Balaban J connectivity index is 1.39. The molecular weight excluding hydrogens is 550 g/mol. The molecule has 2 aromatic rings. The van der Waals surface area contributed by atoms with Crippen molar-refractivity contribution in [3.8, 4) is 11.8 Å². The molecule has 2 aromatic carbocycles. The summed E-state index contributed by atoms with van der Waals surface area (Å²) in [7, 11) is 0. The molecule has 39 heavy (non-hydrogen) atoms. The third-order valence-electron chi connectivity index (χ3n) is 7.55. The number of carbonyl (C=O) groups excluding carboxylic acids is 2. The summed E-state index contributed by atoms with van der Waals surface area (Å²) in [6.45, 7) is 1.65. The molecule has 4 atom stereocenters. The Labute approximate surface area is 222 Å². The fraction of sp³-hybridized carbons (Fsp3) is 0.423. The number of ether oxygens (including phenoxy) is 2. The van der Waals surface area contributed by atoms with Gasteiger partial charge >= 0.3 is 11.7 Å². The molecule has 0 N–H and O–H groups in total. The quantitative estimate of drug-likeness (QED) is 0.238. The minimum Gasteiger partial charge on any atom is -0.493 e.